The number of Topliss-reactive ketones (excluding diaryl/α,β-unsaturated/α-hetero) is 2. The second kappa shape index (κ2) is 6.50. The predicted molar refractivity (Wildman–Crippen MR) is 88.5 cm³/mol. The van der Waals surface area contributed by atoms with E-state index in [0.29, 0.717) is 5.56 Å². The highest BCUT2D eigenvalue weighted by atomic mass is 16.4. The summed E-state index contributed by atoms with van der Waals surface area (Å²) in [4.78, 5) is 36.3. The first kappa shape index (κ1) is 15.7. The number of para-hydroxylation sites is 1. The summed E-state index contributed by atoms with van der Waals surface area (Å²) in [5.41, 5.74) is -0.602. The molecule has 3 rings (SSSR count). The van der Waals surface area contributed by atoms with Gasteiger partial charge in [0.2, 0.25) is 0 Å². The lowest BCUT2D eigenvalue weighted by molar-refractivity contribution is 0.0914. The average Bonchev–Trinajstić information content (AvgIpc) is 2.60. The fourth-order valence-electron chi connectivity index (χ4n) is 2.50. The molecule has 0 saturated heterocycles. The Balaban J connectivity index is 1.84. The maximum Gasteiger partial charge on any atom is 0.351 e. The van der Waals surface area contributed by atoms with Gasteiger partial charge in [0.1, 0.15) is 16.9 Å². The van der Waals surface area contributed by atoms with Crippen LogP contribution < -0.4 is 5.63 Å². The zero-order chi connectivity index (χ0) is 17.1. The zero-order valence-electron chi connectivity index (χ0n) is 12.7. The molecule has 0 aliphatic carbocycles. The normalized spacial score (nSPS) is 10.7. The van der Waals surface area contributed by atoms with Crippen LogP contribution in [-0.2, 0) is 0 Å². The molecular weight excluding hydrogens is 308 g/mol. The highest BCUT2D eigenvalue weighted by molar-refractivity contribution is 6.05. The van der Waals surface area contributed by atoms with Crippen molar-refractivity contribution in [1.82, 2.24) is 0 Å². The first-order chi connectivity index (χ1) is 11.6. The largest absolute Gasteiger partial charge is 0.506 e. The number of hydrogen-bond donors (Lipinski definition) is 1. The Hall–Kier alpha value is -3.21. The fraction of sp³-hybridized carbons (Fsp3) is 0.105. The molecule has 0 bridgehead atoms. The minimum atomic E-state index is -0.900. The van der Waals surface area contributed by atoms with Crippen LogP contribution in [0.5, 0.6) is 5.75 Å². The number of hydrogen-bond acceptors (Lipinski definition) is 5. The number of carbonyl (C=O) groups excluding carboxylic acids is 2. The van der Waals surface area contributed by atoms with Gasteiger partial charge in [-0.3, -0.25) is 9.59 Å². The molecule has 0 amide bonds. The first-order valence-electron chi connectivity index (χ1n) is 7.44. The third-order valence-corrected chi connectivity index (χ3v) is 3.74. The van der Waals surface area contributed by atoms with Gasteiger partial charge in [0.25, 0.3) is 0 Å². The van der Waals surface area contributed by atoms with Crippen LogP contribution in [0.25, 0.3) is 11.0 Å². The van der Waals surface area contributed by atoms with Gasteiger partial charge in [0.05, 0.1) is 5.39 Å². The summed E-state index contributed by atoms with van der Waals surface area (Å²) in [7, 11) is 0. The topological polar surface area (TPSA) is 84.6 Å². The summed E-state index contributed by atoms with van der Waals surface area (Å²) in [6, 6.07) is 15.0. The number of benzene rings is 2. The maximum atomic E-state index is 12.3. The molecule has 0 unspecified atom stereocenters. The van der Waals surface area contributed by atoms with Crippen LogP contribution >= 0.6 is 0 Å². The van der Waals surface area contributed by atoms with Crippen LogP contribution in [0.4, 0.5) is 0 Å². The van der Waals surface area contributed by atoms with Crippen LogP contribution in [0.2, 0.25) is 0 Å². The fourth-order valence-corrected chi connectivity index (χ4v) is 2.50. The lowest BCUT2D eigenvalue weighted by Gasteiger charge is -2.05. The summed E-state index contributed by atoms with van der Waals surface area (Å²) in [5, 5.41) is 10.5. The van der Waals surface area contributed by atoms with Crippen molar-refractivity contribution in [1.29, 1.82) is 0 Å². The predicted octanol–water partition coefficient (Wildman–Crippen LogP) is 3.34. The van der Waals surface area contributed by atoms with E-state index in [-0.39, 0.29) is 29.6 Å². The molecular formula is C19H14O5. The Morgan fingerprint density at radius 3 is 2.25 bits per heavy atom. The Morgan fingerprint density at radius 2 is 1.50 bits per heavy atom. The highest BCUT2D eigenvalue weighted by Crippen LogP contribution is 2.27. The van der Waals surface area contributed by atoms with Gasteiger partial charge in [-0.05, 0) is 12.1 Å². The summed E-state index contributed by atoms with van der Waals surface area (Å²) < 4.78 is 5.06. The van der Waals surface area contributed by atoms with Gasteiger partial charge in [0.15, 0.2) is 11.6 Å². The summed E-state index contributed by atoms with van der Waals surface area (Å²) >= 11 is 0. The molecule has 1 aromatic heterocycles. The molecule has 3 aromatic rings. The van der Waals surface area contributed by atoms with E-state index in [1.54, 1.807) is 48.5 Å². The molecule has 5 nitrogen and oxygen atoms in total. The van der Waals surface area contributed by atoms with Crippen LogP contribution in [0.15, 0.2) is 63.8 Å². The van der Waals surface area contributed by atoms with Gasteiger partial charge >= 0.3 is 5.63 Å². The van der Waals surface area contributed by atoms with E-state index in [0.717, 1.165) is 0 Å². The van der Waals surface area contributed by atoms with Crippen molar-refractivity contribution in [3.8, 4) is 5.75 Å². The van der Waals surface area contributed by atoms with Crippen molar-refractivity contribution in [3.05, 3.63) is 76.1 Å². The molecule has 0 aliphatic heterocycles. The Labute approximate surface area is 137 Å². The van der Waals surface area contributed by atoms with Gasteiger partial charge in [-0.15, -0.1) is 0 Å². The quantitative estimate of drug-likeness (QED) is 0.575. The summed E-state index contributed by atoms with van der Waals surface area (Å²) in [6.07, 6.45) is -0.223. The third-order valence-electron chi connectivity index (χ3n) is 3.74. The van der Waals surface area contributed by atoms with Crippen LogP contribution in [0, 0.1) is 0 Å². The van der Waals surface area contributed by atoms with Crippen molar-refractivity contribution >= 4 is 22.5 Å². The van der Waals surface area contributed by atoms with Gasteiger partial charge in [-0.1, -0.05) is 42.5 Å². The number of rotatable bonds is 5. The number of ketones is 2. The lowest BCUT2D eigenvalue weighted by Crippen LogP contribution is -2.15. The van der Waals surface area contributed by atoms with Crippen LogP contribution in [0.3, 0.4) is 0 Å². The van der Waals surface area contributed by atoms with E-state index in [1.807, 2.05) is 0 Å². The molecule has 1 heterocycles. The van der Waals surface area contributed by atoms with Crippen LogP contribution in [-0.4, -0.2) is 16.7 Å². The third kappa shape index (κ3) is 2.96. The molecule has 0 radical (unpaired) electrons. The molecule has 1 N–H and O–H groups in total. The van der Waals surface area contributed by atoms with E-state index in [4.69, 9.17) is 4.42 Å². The van der Waals surface area contributed by atoms with E-state index < -0.39 is 22.7 Å². The van der Waals surface area contributed by atoms with Crippen LogP contribution in [0.1, 0.15) is 33.6 Å². The van der Waals surface area contributed by atoms with Gasteiger partial charge in [-0.25, -0.2) is 4.79 Å². The minimum Gasteiger partial charge on any atom is -0.506 e. The molecule has 2 aromatic carbocycles. The molecule has 0 atom stereocenters. The molecule has 120 valence electrons. The van der Waals surface area contributed by atoms with Gasteiger partial charge in [-0.2, -0.15) is 0 Å². The molecule has 24 heavy (non-hydrogen) atoms. The van der Waals surface area contributed by atoms with Gasteiger partial charge < -0.3 is 9.52 Å². The molecule has 0 aliphatic rings. The standard InChI is InChI=1S/C19H14O5/c20-14(12-6-2-1-3-7-12)10-11-15(21)17-18(22)13-8-4-5-9-16(13)24-19(17)23/h1-9,22H,10-11H2. The summed E-state index contributed by atoms with van der Waals surface area (Å²) in [6.45, 7) is 0. The van der Waals surface area contributed by atoms with Crippen molar-refractivity contribution in [3.63, 3.8) is 0 Å². The number of aromatic hydroxyl groups is 1. The van der Waals surface area contributed by atoms with Gasteiger partial charge in [0, 0.05) is 18.4 Å². The lowest BCUT2D eigenvalue weighted by atomic mass is 10.0. The maximum absolute atomic E-state index is 12.3. The second-order valence-corrected chi connectivity index (χ2v) is 5.32. The monoisotopic (exact) mass is 322 g/mol. The second-order valence-electron chi connectivity index (χ2n) is 5.32. The highest BCUT2D eigenvalue weighted by Gasteiger charge is 2.21. The molecule has 0 saturated carbocycles. The van der Waals surface area contributed by atoms with Crippen molar-refractivity contribution in [2.75, 3.05) is 0 Å². The smallest absolute Gasteiger partial charge is 0.351 e. The molecule has 0 spiro atoms. The van der Waals surface area contributed by atoms with E-state index in [2.05, 4.69) is 0 Å². The van der Waals surface area contributed by atoms with E-state index in [1.165, 1.54) is 6.07 Å². The van der Waals surface area contributed by atoms with E-state index in [9.17, 15) is 19.5 Å². The molecule has 0 fully saturated rings. The summed E-state index contributed by atoms with van der Waals surface area (Å²) in [5.74, 6) is -1.22. The number of carbonyl (C=O) groups is 2. The van der Waals surface area contributed by atoms with Crippen molar-refractivity contribution < 1.29 is 19.1 Å². The Morgan fingerprint density at radius 1 is 0.875 bits per heavy atom. The molecule has 5 heteroatoms. The Kier molecular flexibility index (Phi) is 4.24. The minimum absolute atomic E-state index is 0.0471. The SMILES string of the molecule is O=C(CCC(=O)c1c(O)c2ccccc2oc1=O)c1ccccc1. The zero-order valence-corrected chi connectivity index (χ0v) is 12.7. The van der Waals surface area contributed by atoms with Crippen molar-refractivity contribution in [2.45, 2.75) is 12.8 Å². The van der Waals surface area contributed by atoms with Crippen molar-refractivity contribution in [2.24, 2.45) is 0 Å². The average molecular weight is 322 g/mol. The Bertz CT molecular complexity index is 970. The van der Waals surface area contributed by atoms with E-state index >= 15 is 0 Å². The first-order valence-corrected chi connectivity index (χ1v) is 7.44. The number of fused-ring (bicyclic) bond motifs is 1.